The third-order valence-corrected chi connectivity index (χ3v) is 6.46. The van der Waals surface area contributed by atoms with Gasteiger partial charge in [0.25, 0.3) is 0 Å². The summed E-state index contributed by atoms with van der Waals surface area (Å²) in [7, 11) is -2.05. The fourth-order valence-corrected chi connectivity index (χ4v) is 3.99. The van der Waals surface area contributed by atoms with E-state index in [1.54, 1.807) is 43.4 Å². The first-order valence-electron chi connectivity index (χ1n) is 9.38. The van der Waals surface area contributed by atoms with Gasteiger partial charge in [0.1, 0.15) is 5.75 Å². The molecule has 0 atom stereocenters. The van der Waals surface area contributed by atoms with Crippen molar-refractivity contribution in [1.82, 2.24) is 4.31 Å². The van der Waals surface area contributed by atoms with E-state index in [0.29, 0.717) is 22.7 Å². The van der Waals surface area contributed by atoms with E-state index in [9.17, 15) is 13.2 Å². The van der Waals surface area contributed by atoms with Crippen LogP contribution in [0.5, 0.6) is 5.75 Å². The van der Waals surface area contributed by atoms with Gasteiger partial charge >= 0.3 is 5.97 Å². The van der Waals surface area contributed by atoms with Crippen molar-refractivity contribution in [3.05, 3.63) is 58.1 Å². The van der Waals surface area contributed by atoms with E-state index in [4.69, 9.17) is 21.4 Å². The second-order valence-electron chi connectivity index (χ2n) is 6.73. The van der Waals surface area contributed by atoms with Crippen LogP contribution in [-0.2, 0) is 14.8 Å². The zero-order valence-electron chi connectivity index (χ0n) is 17.1. The fourth-order valence-electron chi connectivity index (χ4n) is 2.58. The highest BCUT2D eigenvalue weighted by Gasteiger charge is 2.20. The molecule has 0 bridgehead atoms. The number of hydrogen-bond acceptors (Lipinski definition) is 4. The lowest BCUT2D eigenvalue weighted by Crippen LogP contribution is -2.28. The van der Waals surface area contributed by atoms with E-state index in [2.05, 4.69) is 11.8 Å². The number of carbonyl (C=O) groups is 1. The highest BCUT2D eigenvalue weighted by Crippen LogP contribution is 2.23. The number of ether oxygens (including phenoxy) is 1. The van der Waals surface area contributed by atoms with Crippen molar-refractivity contribution in [2.75, 3.05) is 20.2 Å². The predicted octanol–water partition coefficient (Wildman–Crippen LogP) is 3.93. The van der Waals surface area contributed by atoms with E-state index >= 15 is 0 Å². The molecule has 2 aromatic rings. The van der Waals surface area contributed by atoms with Crippen LogP contribution in [0.1, 0.15) is 36.5 Å². The number of sulfonamides is 1. The molecule has 0 amide bonds. The maximum absolute atomic E-state index is 12.8. The first-order valence-corrected chi connectivity index (χ1v) is 11.2. The van der Waals surface area contributed by atoms with Crippen LogP contribution in [0, 0.1) is 18.8 Å². The fraction of sp³-hybridized carbons (Fsp3) is 0.318. The number of rotatable bonds is 8. The van der Waals surface area contributed by atoms with E-state index in [-0.39, 0.29) is 10.6 Å². The zero-order valence-corrected chi connectivity index (χ0v) is 18.7. The second kappa shape index (κ2) is 10.5. The molecule has 0 saturated heterocycles. The standard InChI is InChI=1S/C22H24ClNO5S/c1-4-5-12-24(3)30(27,28)20-10-6-16(2)17(14-20)7-8-18-13-19(23)9-11-21(18)29-15-22(25)26/h6,9-11,13-14H,4-5,12,15H2,1-3H3,(H,25,26). The molecule has 0 aliphatic heterocycles. The number of carboxylic acid groups (broad SMARTS) is 1. The summed E-state index contributed by atoms with van der Waals surface area (Å²) in [6.45, 7) is 3.78. The van der Waals surface area contributed by atoms with Gasteiger partial charge in [-0.15, -0.1) is 0 Å². The lowest BCUT2D eigenvalue weighted by atomic mass is 10.1. The molecular weight excluding hydrogens is 426 g/mol. The summed E-state index contributed by atoms with van der Waals surface area (Å²) in [5.74, 6) is 5.06. The molecule has 0 unspecified atom stereocenters. The van der Waals surface area contributed by atoms with Gasteiger partial charge in [-0.3, -0.25) is 0 Å². The molecule has 0 heterocycles. The molecule has 30 heavy (non-hydrogen) atoms. The monoisotopic (exact) mass is 449 g/mol. The number of unbranched alkanes of at least 4 members (excludes halogenated alkanes) is 1. The number of halogens is 1. The summed E-state index contributed by atoms with van der Waals surface area (Å²) in [5.41, 5.74) is 1.77. The molecule has 0 aromatic heterocycles. The van der Waals surface area contributed by atoms with Crippen LogP contribution < -0.4 is 4.74 Å². The van der Waals surface area contributed by atoms with Gasteiger partial charge in [0, 0.05) is 24.2 Å². The quantitative estimate of drug-likeness (QED) is 0.617. The molecule has 0 spiro atoms. The second-order valence-corrected chi connectivity index (χ2v) is 9.21. The van der Waals surface area contributed by atoms with E-state index < -0.39 is 22.6 Å². The molecule has 0 fully saturated rings. The number of aliphatic carboxylic acids is 1. The Morgan fingerprint density at radius 3 is 2.53 bits per heavy atom. The summed E-state index contributed by atoms with van der Waals surface area (Å²) >= 11 is 6.03. The summed E-state index contributed by atoms with van der Waals surface area (Å²) in [6, 6.07) is 9.52. The molecule has 160 valence electrons. The van der Waals surface area contributed by atoms with Crippen molar-refractivity contribution < 1.29 is 23.1 Å². The Morgan fingerprint density at radius 1 is 1.17 bits per heavy atom. The first kappa shape index (κ1) is 23.7. The summed E-state index contributed by atoms with van der Waals surface area (Å²) in [5, 5.41) is 9.25. The number of benzene rings is 2. The highest BCUT2D eigenvalue weighted by atomic mass is 35.5. The molecule has 6 nitrogen and oxygen atoms in total. The van der Waals surface area contributed by atoms with Crippen molar-refractivity contribution in [2.45, 2.75) is 31.6 Å². The van der Waals surface area contributed by atoms with Crippen LogP contribution in [0.15, 0.2) is 41.3 Å². The minimum absolute atomic E-state index is 0.171. The first-order chi connectivity index (χ1) is 14.1. The highest BCUT2D eigenvalue weighted by molar-refractivity contribution is 7.89. The molecule has 2 rings (SSSR count). The smallest absolute Gasteiger partial charge is 0.341 e. The minimum atomic E-state index is -3.61. The summed E-state index contributed by atoms with van der Waals surface area (Å²) in [6.07, 6.45) is 1.68. The lowest BCUT2D eigenvalue weighted by molar-refractivity contribution is -0.139. The van der Waals surface area contributed by atoms with Gasteiger partial charge in [0.05, 0.1) is 10.5 Å². The van der Waals surface area contributed by atoms with Crippen LogP contribution >= 0.6 is 11.6 Å². The maximum Gasteiger partial charge on any atom is 0.341 e. The summed E-state index contributed by atoms with van der Waals surface area (Å²) in [4.78, 5) is 10.9. The van der Waals surface area contributed by atoms with Gasteiger partial charge in [-0.2, -0.15) is 0 Å². The molecule has 0 aliphatic carbocycles. The number of hydrogen-bond donors (Lipinski definition) is 1. The molecule has 8 heteroatoms. The molecular formula is C22H24ClNO5S. The van der Waals surface area contributed by atoms with Gasteiger partial charge in [0.2, 0.25) is 10.0 Å². The Kier molecular flexibility index (Phi) is 8.30. The maximum atomic E-state index is 12.8. The van der Waals surface area contributed by atoms with E-state index in [1.807, 2.05) is 13.8 Å². The van der Waals surface area contributed by atoms with Crippen LogP contribution in [-0.4, -0.2) is 44.0 Å². The predicted molar refractivity (Wildman–Crippen MR) is 116 cm³/mol. The molecule has 0 aliphatic rings. The van der Waals surface area contributed by atoms with E-state index in [0.717, 1.165) is 18.4 Å². The SMILES string of the molecule is CCCCN(C)S(=O)(=O)c1ccc(C)c(C#Cc2cc(Cl)ccc2OCC(=O)O)c1. The van der Waals surface area contributed by atoms with Crippen LogP contribution in [0.3, 0.4) is 0 Å². The Hall–Kier alpha value is -2.53. The molecule has 2 aromatic carbocycles. The van der Waals surface area contributed by atoms with Gasteiger partial charge in [0.15, 0.2) is 6.61 Å². The topological polar surface area (TPSA) is 83.9 Å². The minimum Gasteiger partial charge on any atom is -0.481 e. The van der Waals surface area contributed by atoms with Crippen molar-refractivity contribution in [3.63, 3.8) is 0 Å². The Bertz CT molecular complexity index is 1090. The van der Waals surface area contributed by atoms with Crippen LogP contribution in [0.4, 0.5) is 0 Å². The average molecular weight is 450 g/mol. The van der Waals surface area contributed by atoms with Crippen LogP contribution in [0.25, 0.3) is 0 Å². The molecule has 1 N–H and O–H groups in total. The van der Waals surface area contributed by atoms with Gasteiger partial charge in [-0.25, -0.2) is 17.5 Å². The zero-order chi connectivity index (χ0) is 22.3. The molecule has 0 saturated carbocycles. The normalized spacial score (nSPS) is 11.1. The largest absolute Gasteiger partial charge is 0.481 e. The van der Waals surface area contributed by atoms with Crippen molar-refractivity contribution >= 4 is 27.6 Å². The van der Waals surface area contributed by atoms with Gasteiger partial charge in [-0.1, -0.05) is 42.9 Å². The van der Waals surface area contributed by atoms with Crippen molar-refractivity contribution in [3.8, 4) is 17.6 Å². The van der Waals surface area contributed by atoms with Crippen molar-refractivity contribution in [1.29, 1.82) is 0 Å². The van der Waals surface area contributed by atoms with Crippen molar-refractivity contribution in [2.24, 2.45) is 0 Å². The Labute approximate surface area is 182 Å². The average Bonchev–Trinajstić information content (AvgIpc) is 2.70. The van der Waals surface area contributed by atoms with E-state index in [1.165, 1.54) is 4.31 Å². The number of aryl methyl sites for hydroxylation is 1. The number of carboxylic acids is 1. The third-order valence-electron chi connectivity index (χ3n) is 4.37. The van der Waals surface area contributed by atoms with Crippen LogP contribution in [0.2, 0.25) is 5.02 Å². The lowest BCUT2D eigenvalue weighted by Gasteiger charge is -2.17. The Balaban J connectivity index is 2.40. The van der Waals surface area contributed by atoms with Gasteiger partial charge in [-0.05, 0) is 49.2 Å². The Morgan fingerprint density at radius 2 is 1.87 bits per heavy atom. The number of nitrogens with zero attached hydrogens (tertiary/aromatic N) is 1. The third kappa shape index (κ3) is 6.23. The summed E-state index contributed by atoms with van der Waals surface area (Å²) < 4.78 is 32.2. The molecule has 0 radical (unpaired) electrons. The van der Waals surface area contributed by atoms with Gasteiger partial charge < -0.3 is 9.84 Å².